The van der Waals surface area contributed by atoms with E-state index in [1.165, 1.54) is 22.6 Å². The Morgan fingerprint density at radius 2 is 1.78 bits per heavy atom. The summed E-state index contributed by atoms with van der Waals surface area (Å²) in [6.07, 6.45) is 1.84. The Morgan fingerprint density at radius 3 is 2.41 bits per heavy atom. The van der Waals surface area contributed by atoms with Gasteiger partial charge in [0.15, 0.2) is 0 Å². The van der Waals surface area contributed by atoms with Gasteiger partial charge in [-0.25, -0.2) is 4.98 Å². The predicted molar refractivity (Wildman–Crippen MR) is 112 cm³/mol. The first-order valence-electron chi connectivity index (χ1n) is 9.06. The molecule has 2 aromatic heterocycles. The number of carbonyl (C=O) groups is 1. The van der Waals surface area contributed by atoms with E-state index in [0.717, 1.165) is 31.9 Å². The van der Waals surface area contributed by atoms with Gasteiger partial charge in [-0.2, -0.15) is 0 Å². The highest BCUT2D eigenvalue weighted by Crippen LogP contribution is 2.22. The van der Waals surface area contributed by atoms with Crippen LogP contribution in [-0.4, -0.2) is 37.1 Å². The number of piperazine rings is 1. The van der Waals surface area contributed by atoms with E-state index in [4.69, 9.17) is 0 Å². The highest BCUT2D eigenvalue weighted by molar-refractivity contribution is 7.12. The maximum atomic E-state index is 12.1. The Hall–Kier alpha value is -2.86. The van der Waals surface area contributed by atoms with Crippen LogP contribution in [0, 0.1) is 6.92 Å². The molecule has 1 fully saturated rings. The molecule has 3 aromatic rings. The van der Waals surface area contributed by atoms with Gasteiger partial charge in [-0.1, -0.05) is 18.2 Å². The number of pyridine rings is 1. The van der Waals surface area contributed by atoms with Crippen LogP contribution in [0.3, 0.4) is 0 Å². The van der Waals surface area contributed by atoms with E-state index in [2.05, 4.69) is 51.3 Å². The first-order chi connectivity index (χ1) is 13.2. The largest absolute Gasteiger partial charge is 0.368 e. The van der Waals surface area contributed by atoms with Crippen LogP contribution in [0.15, 0.2) is 60.1 Å². The molecular weight excluding hydrogens is 356 g/mol. The molecule has 4 rings (SSSR count). The Kier molecular flexibility index (Phi) is 5.07. The van der Waals surface area contributed by atoms with Crippen molar-refractivity contribution in [3.05, 3.63) is 70.5 Å². The molecule has 1 N–H and O–H groups in total. The Morgan fingerprint density at radius 1 is 1.00 bits per heavy atom. The number of hydrogen-bond donors (Lipinski definition) is 1. The van der Waals surface area contributed by atoms with E-state index in [9.17, 15) is 4.79 Å². The van der Waals surface area contributed by atoms with Crippen molar-refractivity contribution in [1.82, 2.24) is 4.98 Å². The number of anilines is 3. The van der Waals surface area contributed by atoms with Gasteiger partial charge in [0.05, 0.1) is 16.8 Å². The first kappa shape index (κ1) is 17.5. The maximum absolute atomic E-state index is 12.1. The summed E-state index contributed by atoms with van der Waals surface area (Å²) in [5.74, 6) is 0.465. The van der Waals surface area contributed by atoms with Gasteiger partial charge in [0.2, 0.25) is 0 Å². The molecule has 27 heavy (non-hydrogen) atoms. The summed E-state index contributed by atoms with van der Waals surface area (Å²) < 4.78 is 0. The highest BCUT2D eigenvalue weighted by atomic mass is 32.1. The quantitative estimate of drug-likeness (QED) is 0.745. The SMILES string of the molecule is Cc1cccc(N2CCN(c3ccc(NC(=O)c4cccs4)nc3)CC2)c1. The zero-order valence-electron chi connectivity index (χ0n) is 15.3. The fourth-order valence-corrected chi connectivity index (χ4v) is 3.90. The summed E-state index contributed by atoms with van der Waals surface area (Å²) >= 11 is 1.42. The van der Waals surface area contributed by atoms with Gasteiger partial charge in [-0.05, 0) is 48.2 Å². The van der Waals surface area contributed by atoms with Gasteiger partial charge in [-0.15, -0.1) is 11.3 Å². The van der Waals surface area contributed by atoms with Crippen molar-refractivity contribution >= 4 is 34.4 Å². The lowest BCUT2D eigenvalue weighted by Crippen LogP contribution is -2.46. The first-order valence-corrected chi connectivity index (χ1v) is 9.94. The molecule has 0 unspecified atom stereocenters. The number of benzene rings is 1. The molecule has 138 valence electrons. The second-order valence-electron chi connectivity index (χ2n) is 6.65. The maximum Gasteiger partial charge on any atom is 0.266 e. The number of thiophene rings is 1. The molecule has 1 aliphatic heterocycles. The third-order valence-electron chi connectivity index (χ3n) is 4.75. The zero-order valence-corrected chi connectivity index (χ0v) is 16.1. The average Bonchev–Trinajstić information content (AvgIpc) is 3.24. The molecule has 0 atom stereocenters. The van der Waals surface area contributed by atoms with Crippen LogP contribution >= 0.6 is 11.3 Å². The normalized spacial score (nSPS) is 14.3. The molecule has 1 saturated heterocycles. The summed E-state index contributed by atoms with van der Waals surface area (Å²) in [5, 5.41) is 4.73. The van der Waals surface area contributed by atoms with Crippen molar-refractivity contribution in [2.24, 2.45) is 0 Å². The van der Waals surface area contributed by atoms with Crippen molar-refractivity contribution in [2.75, 3.05) is 41.3 Å². The topological polar surface area (TPSA) is 48.5 Å². The third kappa shape index (κ3) is 4.11. The molecule has 5 nitrogen and oxygen atoms in total. The van der Waals surface area contributed by atoms with Crippen LogP contribution in [0.1, 0.15) is 15.2 Å². The number of aryl methyl sites for hydroxylation is 1. The smallest absolute Gasteiger partial charge is 0.266 e. The minimum Gasteiger partial charge on any atom is -0.368 e. The molecule has 0 saturated carbocycles. The van der Waals surface area contributed by atoms with Gasteiger partial charge < -0.3 is 15.1 Å². The molecule has 1 aromatic carbocycles. The number of nitrogens with zero attached hydrogens (tertiary/aromatic N) is 3. The second kappa shape index (κ2) is 7.80. The van der Waals surface area contributed by atoms with Gasteiger partial charge in [-0.3, -0.25) is 4.79 Å². The lowest BCUT2D eigenvalue weighted by Gasteiger charge is -2.37. The monoisotopic (exact) mass is 378 g/mol. The predicted octanol–water partition coefficient (Wildman–Crippen LogP) is 4.03. The lowest BCUT2D eigenvalue weighted by atomic mass is 10.2. The van der Waals surface area contributed by atoms with E-state index in [1.54, 1.807) is 0 Å². The third-order valence-corrected chi connectivity index (χ3v) is 5.61. The standard InChI is InChI=1S/C21H22N4OS/c1-16-4-2-5-17(14-16)24-9-11-25(12-10-24)18-7-8-20(22-15-18)23-21(26)19-6-3-13-27-19/h2-8,13-15H,9-12H2,1H3,(H,22,23,26). The van der Waals surface area contributed by atoms with Crippen LogP contribution in [0.5, 0.6) is 0 Å². The van der Waals surface area contributed by atoms with Crippen LogP contribution in [0.25, 0.3) is 0 Å². The Bertz CT molecular complexity index is 900. The highest BCUT2D eigenvalue weighted by Gasteiger charge is 2.18. The number of aromatic nitrogens is 1. The van der Waals surface area contributed by atoms with Crippen molar-refractivity contribution in [2.45, 2.75) is 6.92 Å². The Labute approximate surface area is 163 Å². The van der Waals surface area contributed by atoms with Crippen LogP contribution < -0.4 is 15.1 Å². The van der Waals surface area contributed by atoms with Crippen molar-refractivity contribution < 1.29 is 4.79 Å². The van der Waals surface area contributed by atoms with Crippen LogP contribution in [0.4, 0.5) is 17.2 Å². The summed E-state index contributed by atoms with van der Waals surface area (Å²) in [7, 11) is 0. The summed E-state index contributed by atoms with van der Waals surface area (Å²) in [6, 6.07) is 16.2. The minimum atomic E-state index is -0.114. The van der Waals surface area contributed by atoms with Crippen LogP contribution in [-0.2, 0) is 0 Å². The van der Waals surface area contributed by atoms with E-state index < -0.39 is 0 Å². The molecular formula is C21H22N4OS. The van der Waals surface area contributed by atoms with E-state index in [0.29, 0.717) is 10.7 Å². The van der Waals surface area contributed by atoms with E-state index in [1.807, 2.05) is 35.8 Å². The van der Waals surface area contributed by atoms with Crippen molar-refractivity contribution in [3.8, 4) is 0 Å². The van der Waals surface area contributed by atoms with E-state index in [-0.39, 0.29) is 5.91 Å². The summed E-state index contributed by atoms with van der Waals surface area (Å²) in [5.41, 5.74) is 3.67. The minimum absolute atomic E-state index is 0.114. The van der Waals surface area contributed by atoms with Gasteiger partial charge in [0, 0.05) is 31.9 Å². The second-order valence-corrected chi connectivity index (χ2v) is 7.59. The fraction of sp³-hybridized carbons (Fsp3) is 0.238. The zero-order chi connectivity index (χ0) is 18.6. The van der Waals surface area contributed by atoms with Crippen molar-refractivity contribution in [3.63, 3.8) is 0 Å². The number of amides is 1. The molecule has 0 bridgehead atoms. The molecule has 0 radical (unpaired) electrons. The number of hydrogen-bond acceptors (Lipinski definition) is 5. The number of nitrogens with one attached hydrogen (secondary N) is 1. The van der Waals surface area contributed by atoms with Gasteiger partial charge >= 0.3 is 0 Å². The lowest BCUT2D eigenvalue weighted by molar-refractivity contribution is 0.103. The summed E-state index contributed by atoms with van der Waals surface area (Å²) in [4.78, 5) is 22.0. The average molecular weight is 379 g/mol. The van der Waals surface area contributed by atoms with Gasteiger partial charge in [0.1, 0.15) is 5.82 Å². The van der Waals surface area contributed by atoms with Gasteiger partial charge in [0.25, 0.3) is 5.91 Å². The molecule has 0 spiro atoms. The molecule has 6 heteroatoms. The summed E-state index contributed by atoms with van der Waals surface area (Å²) in [6.45, 7) is 6.01. The van der Waals surface area contributed by atoms with E-state index >= 15 is 0 Å². The molecule has 1 aliphatic rings. The Balaban J connectivity index is 1.35. The number of carbonyl (C=O) groups excluding carboxylic acids is 1. The fourth-order valence-electron chi connectivity index (χ4n) is 3.28. The van der Waals surface area contributed by atoms with Crippen LogP contribution in [0.2, 0.25) is 0 Å². The molecule has 0 aliphatic carbocycles. The number of rotatable bonds is 4. The molecule has 3 heterocycles. The van der Waals surface area contributed by atoms with Crippen molar-refractivity contribution in [1.29, 1.82) is 0 Å². The molecule has 1 amide bonds.